The van der Waals surface area contributed by atoms with Crippen LogP contribution in [-0.2, 0) is 11.3 Å². The molecule has 1 aromatic heterocycles. The maximum absolute atomic E-state index is 12.7. The highest BCUT2D eigenvalue weighted by Crippen LogP contribution is 2.25. The average Bonchev–Trinajstić information content (AvgIpc) is 2.28. The number of hydrogen-bond donors (Lipinski definition) is 1. The van der Waals surface area contributed by atoms with Gasteiger partial charge in [-0.25, -0.2) is 18.6 Å². The number of alkyl halides is 2. The van der Waals surface area contributed by atoms with Crippen LogP contribution in [0.5, 0.6) is 0 Å². The fourth-order valence-electron chi connectivity index (χ4n) is 1.31. The van der Waals surface area contributed by atoms with Crippen LogP contribution in [0, 0.1) is 6.92 Å². The van der Waals surface area contributed by atoms with Gasteiger partial charge in [0, 0.05) is 12.1 Å². The monoisotopic (exact) mass is 230 g/mol. The highest BCUT2D eigenvalue weighted by Gasteiger charge is 2.20. The maximum Gasteiger partial charge on any atom is 0.356 e. The highest BCUT2D eigenvalue weighted by molar-refractivity contribution is 5.89. The second kappa shape index (κ2) is 4.98. The van der Waals surface area contributed by atoms with Crippen molar-refractivity contribution in [2.24, 2.45) is 5.73 Å². The maximum atomic E-state index is 12.7. The van der Waals surface area contributed by atoms with Crippen LogP contribution in [0.3, 0.4) is 0 Å². The van der Waals surface area contributed by atoms with Gasteiger partial charge in [0.2, 0.25) is 0 Å². The number of halogens is 2. The average molecular weight is 230 g/mol. The van der Waals surface area contributed by atoms with E-state index in [0.29, 0.717) is 0 Å². The van der Waals surface area contributed by atoms with Crippen LogP contribution in [0.25, 0.3) is 0 Å². The second-order valence-electron chi connectivity index (χ2n) is 3.17. The zero-order valence-electron chi connectivity index (χ0n) is 8.96. The standard InChI is InChI=1S/C10H12F2N2O2/c1-5-7(9(11)12)3-6(4-13)14-8(5)10(15)16-2/h3,9H,4,13H2,1-2H3. The fourth-order valence-corrected chi connectivity index (χ4v) is 1.31. The Balaban J connectivity index is 3.37. The summed E-state index contributed by atoms with van der Waals surface area (Å²) in [5.74, 6) is -0.741. The van der Waals surface area contributed by atoms with Crippen molar-refractivity contribution in [3.63, 3.8) is 0 Å². The lowest BCUT2D eigenvalue weighted by molar-refractivity contribution is 0.0592. The molecule has 6 heteroatoms. The van der Waals surface area contributed by atoms with Crippen molar-refractivity contribution in [2.45, 2.75) is 19.9 Å². The number of hydrogen-bond acceptors (Lipinski definition) is 4. The summed E-state index contributed by atoms with van der Waals surface area (Å²) in [6.07, 6.45) is -2.67. The zero-order chi connectivity index (χ0) is 12.3. The molecule has 0 unspecified atom stereocenters. The number of carbonyl (C=O) groups excluding carboxylic acids is 1. The van der Waals surface area contributed by atoms with Crippen molar-refractivity contribution in [3.05, 3.63) is 28.6 Å². The molecular weight excluding hydrogens is 218 g/mol. The van der Waals surface area contributed by atoms with Gasteiger partial charge in [0.15, 0.2) is 5.69 Å². The molecule has 0 spiro atoms. The van der Waals surface area contributed by atoms with Crippen LogP contribution in [0.4, 0.5) is 8.78 Å². The Labute approximate surface area is 91.4 Å². The minimum Gasteiger partial charge on any atom is -0.464 e. The van der Waals surface area contributed by atoms with E-state index in [1.807, 2.05) is 0 Å². The fraction of sp³-hybridized carbons (Fsp3) is 0.400. The SMILES string of the molecule is COC(=O)c1nc(CN)cc(C(F)F)c1C. The smallest absolute Gasteiger partial charge is 0.356 e. The predicted octanol–water partition coefficient (Wildman–Crippen LogP) is 1.57. The molecule has 0 aliphatic carbocycles. The molecule has 0 atom stereocenters. The van der Waals surface area contributed by atoms with Gasteiger partial charge in [-0.05, 0) is 18.6 Å². The summed E-state index contributed by atoms with van der Waals surface area (Å²) in [5.41, 5.74) is 5.33. The van der Waals surface area contributed by atoms with Crippen LogP contribution in [-0.4, -0.2) is 18.1 Å². The molecular formula is C10H12F2N2O2. The molecule has 0 saturated heterocycles. The van der Waals surface area contributed by atoms with Gasteiger partial charge in [0.05, 0.1) is 12.8 Å². The Morgan fingerprint density at radius 1 is 1.62 bits per heavy atom. The topological polar surface area (TPSA) is 65.2 Å². The molecule has 88 valence electrons. The van der Waals surface area contributed by atoms with Crippen LogP contribution in [0.1, 0.15) is 33.7 Å². The largest absolute Gasteiger partial charge is 0.464 e. The van der Waals surface area contributed by atoms with E-state index >= 15 is 0 Å². The van der Waals surface area contributed by atoms with Gasteiger partial charge in [-0.3, -0.25) is 0 Å². The van der Waals surface area contributed by atoms with Gasteiger partial charge in [-0.1, -0.05) is 0 Å². The molecule has 0 bridgehead atoms. The lowest BCUT2D eigenvalue weighted by atomic mass is 10.1. The Morgan fingerprint density at radius 3 is 2.69 bits per heavy atom. The van der Waals surface area contributed by atoms with Gasteiger partial charge in [0.1, 0.15) is 0 Å². The van der Waals surface area contributed by atoms with E-state index in [2.05, 4.69) is 9.72 Å². The van der Waals surface area contributed by atoms with Crippen molar-refractivity contribution in [2.75, 3.05) is 7.11 Å². The summed E-state index contributed by atoms with van der Waals surface area (Å²) < 4.78 is 29.8. The third-order valence-electron chi connectivity index (χ3n) is 2.19. The number of carbonyl (C=O) groups is 1. The van der Waals surface area contributed by atoms with Crippen LogP contribution < -0.4 is 5.73 Å². The lowest BCUT2D eigenvalue weighted by Crippen LogP contribution is -2.13. The van der Waals surface area contributed by atoms with Crippen molar-refractivity contribution in [3.8, 4) is 0 Å². The van der Waals surface area contributed by atoms with Gasteiger partial charge in [-0.15, -0.1) is 0 Å². The number of nitrogens with two attached hydrogens (primary N) is 1. The summed E-state index contributed by atoms with van der Waals surface area (Å²) in [6.45, 7) is 1.39. The first-order valence-corrected chi connectivity index (χ1v) is 4.58. The first-order valence-electron chi connectivity index (χ1n) is 4.58. The van der Waals surface area contributed by atoms with Gasteiger partial charge >= 0.3 is 5.97 Å². The third-order valence-corrected chi connectivity index (χ3v) is 2.19. The second-order valence-corrected chi connectivity index (χ2v) is 3.17. The number of esters is 1. The van der Waals surface area contributed by atoms with Gasteiger partial charge in [-0.2, -0.15) is 0 Å². The number of pyridine rings is 1. The predicted molar refractivity (Wildman–Crippen MR) is 53.2 cm³/mol. The van der Waals surface area contributed by atoms with Crippen molar-refractivity contribution in [1.29, 1.82) is 0 Å². The molecule has 1 heterocycles. The summed E-state index contributed by atoms with van der Waals surface area (Å²) in [7, 11) is 1.17. The minimum atomic E-state index is -2.67. The van der Waals surface area contributed by atoms with E-state index in [4.69, 9.17) is 5.73 Å². The molecule has 0 aromatic carbocycles. The number of nitrogens with zero attached hydrogens (tertiary/aromatic N) is 1. The summed E-state index contributed by atoms with van der Waals surface area (Å²) in [6, 6.07) is 1.20. The molecule has 0 amide bonds. The number of rotatable bonds is 3. The van der Waals surface area contributed by atoms with E-state index in [1.54, 1.807) is 0 Å². The third kappa shape index (κ3) is 2.33. The first-order chi connectivity index (χ1) is 7.51. The molecule has 0 fully saturated rings. The van der Waals surface area contributed by atoms with Crippen LogP contribution >= 0.6 is 0 Å². The number of aromatic nitrogens is 1. The normalized spacial score (nSPS) is 10.6. The Kier molecular flexibility index (Phi) is 3.89. The minimum absolute atomic E-state index is 0.00993. The molecule has 0 radical (unpaired) electrons. The van der Waals surface area contributed by atoms with Crippen LogP contribution in [0.2, 0.25) is 0 Å². The molecule has 0 saturated carbocycles. The summed E-state index contributed by atoms with van der Waals surface area (Å²) in [4.78, 5) is 15.2. The Hall–Kier alpha value is -1.56. The highest BCUT2D eigenvalue weighted by atomic mass is 19.3. The Bertz CT molecular complexity index is 408. The first kappa shape index (κ1) is 12.5. The van der Waals surface area contributed by atoms with Gasteiger partial charge < -0.3 is 10.5 Å². The quantitative estimate of drug-likeness (QED) is 0.800. The molecule has 1 rings (SSSR count). The van der Waals surface area contributed by atoms with Crippen molar-refractivity contribution < 1.29 is 18.3 Å². The van der Waals surface area contributed by atoms with Crippen LogP contribution in [0.15, 0.2) is 6.07 Å². The summed E-state index contributed by atoms with van der Waals surface area (Å²) in [5, 5.41) is 0. The lowest BCUT2D eigenvalue weighted by Gasteiger charge is -2.10. The molecule has 16 heavy (non-hydrogen) atoms. The Morgan fingerprint density at radius 2 is 2.25 bits per heavy atom. The van der Waals surface area contributed by atoms with Crippen molar-refractivity contribution >= 4 is 5.97 Å². The van der Waals surface area contributed by atoms with Gasteiger partial charge in [0.25, 0.3) is 6.43 Å². The number of ether oxygens (including phenoxy) is 1. The molecule has 0 aliphatic heterocycles. The molecule has 2 N–H and O–H groups in total. The van der Waals surface area contributed by atoms with E-state index in [9.17, 15) is 13.6 Å². The molecule has 4 nitrogen and oxygen atoms in total. The van der Waals surface area contributed by atoms with E-state index in [-0.39, 0.29) is 29.1 Å². The van der Waals surface area contributed by atoms with E-state index < -0.39 is 12.4 Å². The van der Waals surface area contributed by atoms with Crippen molar-refractivity contribution in [1.82, 2.24) is 4.98 Å². The molecule has 0 aliphatic rings. The number of methoxy groups -OCH3 is 1. The zero-order valence-corrected chi connectivity index (χ0v) is 8.96. The van der Waals surface area contributed by atoms with E-state index in [0.717, 1.165) is 0 Å². The summed E-state index contributed by atoms with van der Waals surface area (Å²) >= 11 is 0. The van der Waals surface area contributed by atoms with E-state index in [1.165, 1.54) is 20.1 Å². The molecule has 1 aromatic rings.